The van der Waals surface area contributed by atoms with Gasteiger partial charge in [-0.2, -0.15) is 0 Å². The molecule has 0 saturated carbocycles. The zero-order valence-corrected chi connectivity index (χ0v) is 15.2. The predicted octanol–water partition coefficient (Wildman–Crippen LogP) is 3.96. The first-order chi connectivity index (χ1) is 13.3. The van der Waals surface area contributed by atoms with Gasteiger partial charge in [0.15, 0.2) is 5.82 Å². The average Bonchev–Trinajstić information content (AvgIpc) is 3.14. The van der Waals surface area contributed by atoms with Gasteiger partial charge in [0.25, 0.3) is 0 Å². The molecule has 27 heavy (non-hydrogen) atoms. The van der Waals surface area contributed by atoms with Crippen LogP contribution >= 0.6 is 0 Å². The molecule has 0 aliphatic rings. The van der Waals surface area contributed by atoms with E-state index in [1.54, 1.807) is 6.20 Å². The summed E-state index contributed by atoms with van der Waals surface area (Å²) in [5.74, 6) is 1.65. The molecule has 134 valence electrons. The van der Waals surface area contributed by atoms with E-state index in [1.807, 2.05) is 77.6 Å². The van der Waals surface area contributed by atoms with Crippen molar-refractivity contribution in [2.45, 2.75) is 13.1 Å². The zero-order chi connectivity index (χ0) is 18.5. The largest absolute Gasteiger partial charge is 0.295 e. The van der Waals surface area contributed by atoms with Crippen LogP contribution in [0.5, 0.6) is 0 Å². The number of para-hydroxylation sites is 1. The van der Waals surface area contributed by atoms with Crippen molar-refractivity contribution in [2.24, 2.45) is 0 Å². The molecule has 0 bridgehead atoms. The second-order valence-corrected chi connectivity index (χ2v) is 6.50. The highest BCUT2D eigenvalue weighted by Crippen LogP contribution is 2.19. The molecule has 2 aromatic carbocycles. The van der Waals surface area contributed by atoms with E-state index in [1.165, 1.54) is 5.56 Å². The third-order valence-corrected chi connectivity index (χ3v) is 4.29. The summed E-state index contributed by atoms with van der Waals surface area (Å²) in [6.45, 7) is 1.49. The van der Waals surface area contributed by atoms with Crippen molar-refractivity contribution in [3.05, 3.63) is 96.6 Å². The van der Waals surface area contributed by atoms with E-state index in [0.717, 1.165) is 29.4 Å². The van der Waals surface area contributed by atoms with Crippen molar-refractivity contribution in [1.29, 1.82) is 0 Å². The van der Waals surface area contributed by atoms with E-state index in [2.05, 4.69) is 23.0 Å². The molecular formula is C22H21N5. The highest BCUT2D eigenvalue weighted by Gasteiger charge is 2.15. The standard InChI is InChI=1S/C22H21N5/c1-26(16-18-9-8-14-23-15-18)17-21-24-22(19-10-4-2-5-11-19)25-27(21)20-12-6-3-7-13-20/h2-15H,16-17H2,1H3. The third kappa shape index (κ3) is 4.10. The van der Waals surface area contributed by atoms with Gasteiger partial charge in [0.05, 0.1) is 12.2 Å². The highest BCUT2D eigenvalue weighted by molar-refractivity contribution is 5.54. The summed E-state index contributed by atoms with van der Waals surface area (Å²) in [5.41, 5.74) is 3.20. The van der Waals surface area contributed by atoms with Crippen LogP contribution in [0, 0.1) is 0 Å². The van der Waals surface area contributed by atoms with Crippen molar-refractivity contribution in [2.75, 3.05) is 7.05 Å². The lowest BCUT2D eigenvalue weighted by Gasteiger charge is -2.16. The van der Waals surface area contributed by atoms with Crippen LogP contribution in [0.2, 0.25) is 0 Å². The van der Waals surface area contributed by atoms with Crippen molar-refractivity contribution < 1.29 is 0 Å². The maximum Gasteiger partial charge on any atom is 0.181 e. The Morgan fingerprint density at radius 1 is 0.852 bits per heavy atom. The summed E-state index contributed by atoms with van der Waals surface area (Å²) in [6.07, 6.45) is 3.69. The summed E-state index contributed by atoms with van der Waals surface area (Å²) in [6, 6.07) is 24.3. The Morgan fingerprint density at radius 2 is 1.59 bits per heavy atom. The average molecular weight is 355 g/mol. The van der Waals surface area contributed by atoms with Gasteiger partial charge in [-0.25, -0.2) is 9.67 Å². The molecule has 5 heteroatoms. The maximum atomic E-state index is 4.83. The van der Waals surface area contributed by atoms with E-state index < -0.39 is 0 Å². The third-order valence-electron chi connectivity index (χ3n) is 4.29. The number of pyridine rings is 1. The lowest BCUT2D eigenvalue weighted by molar-refractivity contribution is 0.307. The van der Waals surface area contributed by atoms with Crippen LogP contribution in [0.25, 0.3) is 17.1 Å². The van der Waals surface area contributed by atoms with Gasteiger partial charge in [-0.1, -0.05) is 54.6 Å². The summed E-state index contributed by atoms with van der Waals surface area (Å²) in [7, 11) is 2.08. The van der Waals surface area contributed by atoms with E-state index in [9.17, 15) is 0 Å². The Labute approximate surface area is 159 Å². The molecule has 0 atom stereocenters. The predicted molar refractivity (Wildman–Crippen MR) is 106 cm³/mol. The molecule has 2 aromatic heterocycles. The highest BCUT2D eigenvalue weighted by atomic mass is 15.4. The Kier molecular flexibility index (Phi) is 5.03. The van der Waals surface area contributed by atoms with Gasteiger partial charge >= 0.3 is 0 Å². The normalized spacial score (nSPS) is 11.0. The van der Waals surface area contributed by atoms with Crippen LogP contribution in [0.15, 0.2) is 85.2 Å². The fraction of sp³-hybridized carbons (Fsp3) is 0.136. The molecule has 4 aromatic rings. The van der Waals surface area contributed by atoms with Gasteiger partial charge in [0.2, 0.25) is 0 Å². The molecule has 0 N–H and O–H groups in total. The Hall–Kier alpha value is -3.31. The molecule has 0 unspecified atom stereocenters. The van der Waals surface area contributed by atoms with E-state index >= 15 is 0 Å². The molecule has 0 aliphatic carbocycles. The van der Waals surface area contributed by atoms with Crippen molar-refractivity contribution in [1.82, 2.24) is 24.6 Å². The number of hydrogen-bond acceptors (Lipinski definition) is 4. The number of benzene rings is 2. The van der Waals surface area contributed by atoms with E-state index in [-0.39, 0.29) is 0 Å². The lowest BCUT2D eigenvalue weighted by Crippen LogP contribution is -2.20. The Bertz CT molecular complexity index is 981. The fourth-order valence-corrected chi connectivity index (χ4v) is 3.03. The van der Waals surface area contributed by atoms with Crippen LogP contribution in [0.1, 0.15) is 11.4 Å². The van der Waals surface area contributed by atoms with Crippen molar-refractivity contribution >= 4 is 0 Å². The quantitative estimate of drug-likeness (QED) is 0.525. The number of hydrogen-bond donors (Lipinski definition) is 0. The molecule has 4 rings (SSSR count). The van der Waals surface area contributed by atoms with Gasteiger partial charge in [0, 0.05) is 24.5 Å². The minimum Gasteiger partial charge on any atom is -0.295 e. The molecule has 0 amide bonds. The first-order valence-corrected chi connectivity index (χ1v) is 8.94. The molecule has 0 radical (unpaired) electrons. The van der Waals surface area contributed by atoms with Crippen LogP contribution in [0.3, 0.4) is 0 Å². The molecular weight excluding hydrogens is 334 g/mol. The molecule has 0 fully saturated rings. The van der Waals surface area contributed by atoms with Crippen LogP contribution in [0.4, 0.5) is 0 Å². The van der Waals surface area contributed by atoms with Gasteiger partial charge in [-0.15, -0.1) is 5.10 Å². The maximum absolute atomic E-state index is 4.83. The number of rotatable bonds is 6. The summed E-state index contributed by atoms with van der Waals surface area (Å²) >= 11 is 0. The molecule has 0 aliphatic heterocycles. The Balaban J connectivity index is 1.65. The summed E-state index contributed by atoms with van der Waals surface area (Å²) in [4.78, 5) is 11.2. The van der Waals surface area contributed by atoms with Crippen molar-refractivity contribution in [3.8, 4) is 17.1 Å². The SMILES string of the molecule is CN(Cc1cccnc1)Cc1nc(-c2ccccc2)nn1-c1ccccc1. The Morgan fingerprint density at radius 3 is 2.30 bits per heavy atom. The molecule has 2 heterocycles. The van der Waals surface area contributed by atoms with Crippen molar-refractivity contribution in [3.63, 3.8) is 0 Å². The first kappa shape index (κ1) is 17.1. The summed E-state index contributed by atoms with van der Waals surface area (Å²) < 4.78 is 1.93. The number of nitrogens with zero attached hydrogens (tertiary/aromatic N) is 5. The summed E-state index contributed by atoms with van der Waals surface area (Å²) in [5, 5.41) is 4.78. The molecule has 0 spiro atoms. The topological polar surface area (TPSA) is 46.8 Å². The molecule has 0 saturated heterocycles. The van der Waals surface area contributed by atoms with Gasteiger partial charge in [-0.3, -0.25) is 9.88 Å². The van der Waals surface area contributed by atoms with E-state index in [4.69, 9.17) is 10.1 Å². The second-order valence-electron chi connectivity index (χ2n) is 6.50. The van der Waals surface area contributed by atoms with E-state index in [0.29, 0.717) is 6.54 Å². The molecule has 5 nitrogen and oxygen atoms in total. The monoisotopic (exact) mass is 355 g/mol. The van der Waals surface area contributed by atoms with Gasteiger partial charge in [0.1, 0.15) is 5.82 Å². The van der Waals surface area contributed by atoms with Gasteiger partial charge < -0.3 is 0 Å². The minimum atomic E-state index is 0.684. The van der Waals surface area contributed by atoms with Gasteiger partial charge in [-0.05, 0) is 30.8 Å². The number of aromatic nitrogens is 4. The second kappa shape index (κ2) is 7.93. The van der Waals surface area contributed by atoms with Crippen LogP contribution in [-0.4, -0.2) is 31.7 Å². The fourth-order valence-electron chi connectivity index (χ4n) is 3.03. The smallest absolute Gasteiger partial charge is 0.181 e. The van der Waals surface area contributed by atoms with Crippen LogP contribution in [-0.2, 0) is 13.1 Å². The minimum absolute atomic E-state index is 0.684. The first-order valence-electron chi connectivity index (χ1n) is 8.94. The lowest BCUT2D eigenvalue weighted by atomic mass is 10.2. The van der Waals surface area contributed by atoms with Crippen LogP contribution < -0.4 is 0 Å². The zero-order valence-electron chi connectivity index (χ0n) is 15.2.